The highest BCUT2D eigenvalue weighted by Crippen LogP contribution is 2.27. The molecule has 0 amide bonds. The average molecular weight is 274 g/mol. The SMILES string of the molecule is CN1CCc2cc(CNc3ccc(F)c(F)c3)ccc21. The largest absolute Gasteiger partial charge is 0.381 e. The molecule has 1 heterocycles. The molecule has 1 aliphatic heterocycles. The normalized spacial score (nSPS) is 13.4. The summed E-state index contributed by atoms with van der Waals surface area (Å²) < 4.78 is 25.9. The van der Waals surface area contributed by atoms with Crippen LogP contribution < -0.4 is 10.2 Å². The zero-order valence-electron chi connectivity index (χ0n) is 11.3. The number of benzene rings is 2. The summed E-state index contributed by atoms with van der Waals surface area (Å²) in [5, 5.41) is 3.11. The lowest BCUT2D eigenvalue weighted by molar-refractivity contribution is 0.509. The summed E-state index contributed by atoms with van der Waals surface area (Å²) in [4.78, 5) is 2.24. The Morgan fingerprint density at radius 1 is 1.10 bits per heavy atom. The molecule has 0 bridgehead atoms. The first-order chi connectivity index (χ1) is 9.63. The lowest BCUT2D eigenvalue weighted by atomic mass is 10.1. The predicted molar refractivity (Wildman–Crippen MR) is 77.1 cm³/mol. The van der Waals surface area contributed by atoms with Gasteiger partial charge in [-0.05, 0) is 35.7 Å². The maximum atomic E-state index is 13.1. The molecule has 20 heavy (non-hydrogen) atoms. The third-order valence-electron chi connectivity index (χ3n) is 3.69. The van der Waals surface area contributed by atoms with Gasteiger partial charge in [0.1, 0.15) is 0 Å². The van der Waals surface area contributed by atoms with E-state index >= 15 is 0 Å². The van der Waals surface area contributed by atoms with Crippen LogP contribution in [0.3, 0.4) is 0 Å². The van der Waals surface area contributed by atoms with Crippen LogP contribution in [0, 0.1) is 11.6 Å². The third-order valence-corrected chi connectivity index (χ3v) is 3.69. The molecule has 2 aromatic carbocycles. The molecule has 2 aromatic rings. The Morgan fingerprint density at radius 2 is 1.95 bits per heavy atom. The van der Waals surface area contributed by atoms with Crippen molar-refractivity contribution in [3.05, 3.63) is 59.2 Å². The molecule has 0 unspecified atom stereocenters. The van der Waals surface area contributed by atoms with Crippen LogP contribution in [0.15, 0.2) is 36.4 Å². The Morgan fingerprint density at radius 3 is 2.75 bits per heavy atom. The topological polar surface area (TPSA) is 15.3 Å². The number of nitrogens with one attached hydrogen (secondary N) is 1. The highest BCUT2D eigenvalue weighted by molar-refractivity contribution is 5.58. The maximum Gasteiger partial charge on any atom is 0.160 e. The van der Waals surface area contributed by atoms with Crippen molar-refractivity contribution in [3.8, 4) is 0 Å². The number of hydrogen-bond donors (Lipinski definition) is 1. The van der Waals surface area contributed by atoms with Gasteiger partial charge in [0.2, 0.25) is 0 Å². The van der Waals surface area contributed by atoms with Crippen LogP contribution in [0.2, 0.25) is 0 Å². The molecule has 0 saturated carbocycles. The maximum absolute atomic E-state index is 13.1. The number of likely N-dealkylation sites (N-methyl/N-ethyl adjacent to an activating group) is 1. The second kappa shape index (κ2) is 5.12. The molecule has 2 nitrogen and oxygen atoms in total. The van der Waals surface area contributed by atoms with E-state index in [0.717, 1.165) is 24.6 Å². The summed E-state index contributed by atoms with van der Waals surface area (Å²) in [6, 6.07) is 10.2. The molecule has 0 saturated heterocycles. The zero-order valence-corrected chi connectivity index (χ0v) is 11.3. The fourth-order valence-electron chi connectivity index (χ4n) is 2.54. The molecule has 0 atom stereocenters. The van der Waals surface area contributed by atoms with Gasteiger partial charge in [-0.15, -0.1) is 0 Å². The molecule has 0 aromatic heterocycles. The molecule has 3 rings (SSSR count). The molecule has 1 aliphatic rings. The van der Waals surface area contributed by atoms with Crippen molar-refractivity contribution in [3.63, 3.8) is 0 Å². The Kier molecular flexibility index (Phi) is 3.30. The van der Waals surface area contributed by atoms with E-state index in [0.29, 0.717) is 12.2 Å². The molecule has 104 valence electrons. The Balaban J connectivity index is 1.71. The van der Waals surface area contributed by atoms with Gasteiger partial charge in [-0.25, -0.2) is 8.78 Å². The summed E-state index contributed by atoms with van der Waals surface area (Å²) in [6.45, 7) is 1.65. The second-order valence-corrected chi connectivity index (χ2v) is 5.12. The molecule has 4 heteroatoms. The number of nitrogens with zero attached hydrogens (tertiary/aromatic N) is 1. The summed E-state index contributed by atoms with van der Waals surface area (Å²) >= 11 is 0. The monoisotopic (exact) mass is 274 g/mol. The van der Waals surface area contributed by atoms with Crippen molar-refractivity contribution in [1.82, 2.24) is 0 Å². The number of hydrogen-bond acceptors (Lipinski definition) is 2. The van der Waals surface area contributed by atoms with E-state index in [-0.39, 0.29) is 0 Å². The van der Waals surface area contributed by atoms with Gasteiger partial charge in [-0.3, -0.25) is 0 Å². The van der Waals surface area contributed by atoms with Crippen LogP contribution in [0.25, 0.3) is 0 Å². The van der Waals surface area contributed by atoms with Crippen molar-refractivity contribution in [2.45, 2.75) is 13.0 Å². The summed E-state index contributed by atoms with van der Waals surface area (Å²) in [7, 11) is 2.09. The van der Waals surface area contributed by atoms with Gasteiger partial charge in [0, 0.05) is 37.6 Å². The van der Waals surface area contributed by atoms with E-state index in [1.165, 1.54) is 17.3 Å². The first kappa shape index (κ1) is 12.9. The lowest BCUT2D eigenvalue weighted by Crippen LogP contribution is -2.12. The smallest absolute Gasteiger partial charge is 0.160 e. The lowest BCUT2D eigenvalue weighted by Gasteiger charge is -2.12. The van der Waals surface area contributed by atoms with E-state index in [2.05, 4.69) is 35.5 Å². The van der Waals surface area contributed by atoms with Crippen molar-refractivity contribution in [2.75, 3.05) is 23.8 Å². The van der Waals surface area contributed by atoms with Crippen LogP contribution in [-0.4, -0.2) is 13.6 Å². The molecule has 0 spiro atoms. The number of fused-ring (bicyclic) bond motifs is 1. The average Bonchev–Trinajstić information content (AvgIpc) is 2.81. The minimum atomic E-state index is -0.828. The van der Waals surface area contributed by atoms with Gasteiger partial charge >= 0.3 is 0 Å². The number of rotatable bonds is 3. The number of halogens is 2. The molecule has 0 radical (unpaired) electrons. The molecular weight excluding hydrogens is 258 g/mol. The first-order valence-corrected chi connectivity index (χ1v) is 6.65. The predicted octanol–water partition coefficient (Wildman–Crippen LogP) is 3.57. The quantitative estimate of drug-likeness (QED) is 0.920. The third kappa shape index (κ3) is 2.46. The first-order valence-electron chi connectivity index (χ1n) is 6.65. The van der Waals surface area contributed by atoms with E-state index < -0.39 is 11.6 Å². The molecule has 0 aliphatic carbocycles. The minimum Gasteiger partial charge on any atom is -0.381 e. The second-order valence-electron chi connectivity index (χ2n) is 5.12. The van der Waals surface area contributed by atoms with Crippen LogP contribution >= 0.6 is 0 Å². The molecule has 0 fully saturated rings. The summed E-state index contributed by atoms with van der Waals surface area (Å²) in [5.74, 6) is -1.65. The van der Waals surface area contributed by atoms with Crippen molar-refractivity contribution in [1.29, 1.82) is 0 Å². The minimum absolute atomic E-state index is 0.585. The van der Waals surface area contributed by atoms with E-state index in [1.807, 2.05) is 0 Å². The van der Waals surface area contributed by atoms with Gasteiger partial charge in [-0.2, -0.15) is 0 Å². The van der Waals surface area contributed by atoms with Gasteiger partial charge in [0.15, 0.2) is 11.6 Å². The Hall–Kier alpha value is -2.10. The summed E-state index contributed by atoms with van der Waals surface area (Å²) in [6.07, 6.45) is 1.06. The van der Waals surface area contributed by atoms with Crippen molar-refractivity contribution in [2.24, 2.45) is 0 Å². The molecular formula is C16H16F2N2. The zero-order chi connectivity index (χ0) is 14.1. The van der Waals surface area contributed by atoms with Gasteiger partial charge < -0.3 is 10.2 Å². The fraction of sp³-hybridized carbons (Fsp3) is 0.250. The summed E-state index contributed by atoms with van der Waals surface area (Å²) in [5.41, 5.74) is 4.35. The van der Waals surface area contributed by atoms with Crippen LogP contribution in [0.5, 0.6) is 0 Å². The van der Waals surface area contributed by atoms with Gasteiger partial charge in [0.25, 0.3) is 0 Å². The van der Waals surface area contributed by atoms with Crippen molar-refractivity contribution >= 4 is 11.4 Å². The van der Waals surface area contributed by atoms with Crippen LogP contribution in [0.1, 0.15) is 11.1 Å². The highest BCUT2D eigenvalue weighted by atomic mass is 19.2. The van der Waals surface area contributed by atoms with E-state index in [4.69, 9.17) is 0 Å². The Labute approximate surface area is 117 Å². The van der Waals surface area contributed by atoms with Gasteiger partial charge in [-0.1, -0.05) is 12.1 Å². The van der Waals surface area contributed by atoms with Crippen LogP contribution in [0.4, 0.5) is 20.2 Å². The van der Waals surface area contributed by atoms with Crippen LogP contribution in [-0.2, 0) is 13.0 Å². The Bertz CT molecular complexity index is 640. The fourth-order valence-corrected chi connectivity index (χ4v) is 2.54. The van der Waals surface area contributed by atoms with Gasteiger partial charge in [0.05, 0.1) is 0 Å². The van der Waals surface area contributed by atoms with Crippen molar-refractivity contribution < 1.29 is 8.78 Å². The van der Waals surface area contributed by atoms with E-state index in [1.54, 1.807) is 6.07 Å². The molecule has 1 N–H and O–H groups in total. The highest BCUT2D eigenvalue weighted by Gasteiger charge is 2.15. The standard InChI is InChI=1S/C16H16F2N2/c1-20-7-6-12-8-11(2-5-16(12)20)10-19-13-3-4-14(17)15(18)9-13/h2-5,8-9,19H,6-7,10H2,1H3. The van der Waals surface area contributed by atoms with E-state index in [9.17, 15) is 8.78 Å². The number of anilines is 2.